The van der Waals surface area contributed by atoms with Crippen LogP contribution in [0.1, 0.15) is 5.56 Å². The Morgan fingerprint density at radius 3 is 2.72 bits per heavy atom. The lowest BCUT2D eigenvalue weighted by atomic mass is 10.2. The second-order valence-electron chi connectivity index (χ2n) is 6.04. The summed E-state index contributed by atoms with van der Waals surface area (Å²) in [4.78, 5) is 26.2. The molecule has 1 unspecified atom stereocenters. The van der Waals surface area contributed by atoms with Crippen LogP contribution in [-0.4, -0.2) is 37.6 Å². The van der Waals surface area contributed by atoms with Crippen molar-refractivity contribution in [2.45, 2.75) is 12.5 Å². The highest BCUT2D eigenvalue weighted by Gasteiger charge is 2.29. The number of para-hydroxylation sites is 3. The largest absolute Gasteiger partial charge is 0.486 e. The van der Waals surface area contributed by atoms with E-state index >= 15 is 0 Å². The van der Waals surface area contributed by atoms with Gasteiger partial charge in [-0.05, 0) is 30.2 Å². The van der Waals surface area contributed by atoms with Crippen molar-refractivity contribution in [1.82, 2.24) is 5.32 Å². The van der Waals surface area contributed by atoms with Crippen molar-refractivity contribution in [3.8, 4) is 11.5 Å². The predicted molar refractivity (Wildman–Crippen MR) is 91.9 cm³/mol. The number of nitrogens with one attached hydrogen (secondary N) is 1. The third kappa shape index (κ3) is 3.03. The quantitative estimate of drug-likeness (QED) is 0.844. The normalized spacial score (nSPS) is 17.8. The summed E-state index contributed by atoms with van der Waals surface area (Å²) in [5, 5.41) is 2.66. The van der Waals surface area contributed by atoms with Crippen LogP contribution in [0, 0.1) is 0 Å². The van der Waals surface area contributed by atoms with Crippen LogP contribution in [0.4, 0.5) is 5.69 Å². The Balaban J connectivity index is 1.35. The lowest BCUT2D eigenvalue weighted by Gasteiger charge is -2.26. The fraction of sp³-hybridized carbons (Fsp3) is 0.263. The summed E-state index contributed by atoms with van der Waals surface area (Å²) in [6, 6.07) is 15.0. The highest BCUT2D eigenvalue weighted by Crippen LogP contribution is 2.30. The summed E-state index contributed by atoms with van der Waals surface area (Å²) in [7, 11) is 0. The van der Waals surface area contributed by atoms with Gasteiger partial charge in [0.05, 0.1) is 6.54 Å². The maximum atomic E-state index is 12.4. The molecule has 0 saturated heterocycles. The van der Waals surface area contributed by atoms with Gasteiger partial charge in [0.15, 0.2) is 11.5 Å². The minimum absolute atomic E-state index is 0.217. The first kappa shape index (κ1) is 15.5. The van der Waals surface area contributed by atoms with Crippen molar-refractivity contribution >= 4 is 17.5 Å². The van der Waals surface area contributed by atoms with E-state index in [1.165, 1.54) is 4.90 Å². The molecule has 2 aliphatic heterocycles. The van der Waals surface area contributed by atoms with Gasteiger partial charge in [-0.15, -0.1) is 0 Å². The van der Waals surface area contributed by atoms with Crippen LogP contribution >= 0.6 is 0 Å². The fourth-order valence-corrected chi connectivity index (χ4v) is 3.12. The molecule has 6 heteroatoms. The topological polar surface area (TPSA) is 67.9 Å². The molecule has 2 aromatic rings. The molecule has 6 nitrogen and oxygen atoms in total. The van der Waals surface area contributed by atoms with Gasteiger partial charge in [0, 0.05) is 12.2 Å². The minimum Gasteiger partial charge on any atom is -0.486 e. The molecule has 0 bridgehead atoms. The van der Waals surface area contributed by atoms with Gasteiger partial charge in [-0.2, -0.15) is 0 Å². The molecule has 2 heterocycles. The van der Waals surface area contributed by atoms with Crippen molar-refractivity contribution in [1.29, 1.82) is 0 Å². The van der Waals surface area contributed by atoms with E-state index in [4.69, 9.17) is 9.47 Å². The van der Waals surface area contributed by atoms with E-state index in [0.29, 0.717) is 24.7 Å². The number of carbonyl (C=O) groups excluding carboxylic acids is 2. The van der Waals surface area contributed by atoms with Gasteiger partial charge in [-0.25, -0.2) is 0 Å². The van der Waals surface area contributed by atoms with Crippen molar-refractivity contribution < 1.29 is 19.1 Å². The zero-order valence-electron chi connectivity index (χ0n) is 13.6. The maximum Gasteiger partial charge on any atom is 0.316 e. The van der Waals surface area contributed by atoms with Crippen molar-refractivity contribution in [3.63, 3.8) is 0 Å². The molecule has 0 radical (unpaired) electrons. The van der Waals surface area contributed by atoms with E-state index in [1.54, 1.807) is 0 Å². The molecular weight excluding hydrogens is 320 g/mol. The first-order valence-electron chi connectivity index (χ1n) is 8.28. The molecule has 1 atom stereocenters. The van der Waals surface area contributed by atoms with Gasteiger partial charge in [-0.1, -0.05) is 30.3 Å². The van der Waals surface area contributed by atoms with Crippen molar-refractivity contribution in [2.75, 3.05) is 24.6 Å². The molecular formula is C19H18N2O4. The van der Waals surface area contributed by atoms with Crippen LogP contribution < -0.4 is 19.7 Å². The molecule has 4 rings (SSSR count). The number of hydrogen-bond donors (Lipinski definition) is 1. The summed E-state index contributed by atoms with van der Waals surface area (Å²) in [6.07, 6.45) is 0.448. The van der Waals surface area contributed by atoms with Gasteiger partial charge in [-0.3, -0.25) is 9.59 Å². The van der Waals surface area contributed by atoms with Crippen LogP contribution in [0.2, 0.25) is 0 Å². The lowest BCUT2D eigenvalue weighted by Crippen LogP contribution is -2.47. The zero-order chi connectivity index (χ0) is 17.2. The van der Waals surface area contributed by atoms with Crippen LogP contribution in [0.3, 0.4) is 0 Å². The monoisotopic (exact) mass is 338 g/mol. The van der Waals surface area contributed by atoms with Crippen LogP contribution in [-0.2, 0) is 16.0 Å². The molecule has 2 aromatic carbocycles. The van der Waals surface area contributed by atoms with Crippen LogP contribution in [0.5, 0.6) is 11.5 Å². The van der Waals surface area contributed by atoms with E-state index in [2.05, 4.69) is 5.32 Å². The third-order valence-corrected chi connectivity index (χ3v) is 4.38. The van der Waals surface area contributed by atoms with Gasteiger partial charge < -0.3 is 19.7 Å². The summed E-state index contributed by atoms with van der Waals surface area (Å²) >= 11 is 0. The molecule has 2 amide bonds. The number of ether oxygens (including phenoxy) is 2. The molecule has 25 heavy (non-hydrogen) atoms. The van der Waals surface area contributed by atoms with E-state index in [1.807, 2.05) is 48.5 Å². The molecule has 0 aliphatic carbocycles. The average Bonchev–Trinajstić information content (AvgIpc) is 3.09. The summed E-state index contributed by atoms with van der Waals surface area (Å²) in [6.45, 7) is 1.08. The SMILES string of the molecule is O=C(NCC1COc2ccccc2O1)C(=O)N1CCc2ccccc21. The van der Waals surface area contributed by atoms with Crippen LogP contribution in [0.25, 0.3) is 0 Å². The van der Waals surface area contributed by atoms with Crippen LogP contribution in [0.15, 0.2) is 48.5 Å². The molecule has 2 aliphatic rings. The number of amides is 2. The minimum atomic E-state index is -0.626. The fourth-order valence-electron chi connectivity index (χ4n) is 3.12. The Kier molecular flexibility index (Phi) is 4.01. The summed E-state index contributed by atoms with van der Waals surface area (Å²) < 4.78 is 11.4. The second kappa shape index (κ2) is 6.47. The Hall–Kier alpha value is -3.02. The summed E-state index contributed by atoms with van der Waals surface area (Å²) in [5.41, 5.74) is 1.90. The third-order valence-electron chi connectivity index (χ3n) is 4.38. The average molecular weight is 338 g/mol. The van der Waals surface area contributed by atoms with Gasteiger partial charge in [0.1, 0.15) is 12.7 Å². The van der Waals surface area contributed by atoms with Gasteiger partial charge in [0.2, 0.25) is 0 Å². The van der Waals surface area contributed by atoms with E-state index in [9.17, 15) is 9.59 Å². The Labute approximate surface area is 145 Å². The molecule has 0 saturated carbocycles. The van der Waals surface area contributed by atoms with Gasteiger partial charge >= 0.3 is 11.8 Å². The van der Waals surface area contributed by atoms with E-state index in [0.717, 1.165) is 17.7 Å². The number of carbonyl (C=O) groups is 2. The van der Waals surface area contributed by atoms with Crippen molar-refractivity contribution in [3.05, 3.63) is 54.1 Å². The number of nitrogens with zero attached hydrogens (tertiary/aromatic N) is 1. The molecule has 0 aromatic heterocycles. The Morgan fingerprint density at radius 2 is 1.84 bits per heavy atom. The summed E-state index contributed by atoms with van der Waals surface area (Å²) in [5.74, 6) is 0.170. The number of benzene rings is 2. The second-order valence-corrected chi connectivity index (χ2v) is 6.04. The number of hydrogen-bond acceptors (Lipinski definition) is 4. The number of anilines is 1. The highest BCUT2D eigenvalue weighted by atomic mass is 16.6. The number of fused-ring (bicyclic) bond motifs is 2. The van der Waals surface area contributed by atoms with E-state index in [-0.39, 0.29) is 12.6 Å². The van der Waals surface area contributed by atoms with Crippen molar-refractivity contribution in [2.24, 2.45) is 0 Å². The maximum absolute atomic E-state index is 12.4. The first-order chi connectivity index (χ1) is 12.2. The first-order valence-corrected chi connectivity index (χ1v) is 8.28. The lowest BCUT2D eigenvalue weighted by molar-refractivity contribution is -0.137. The predicted octanol–water partition coefficient (Wildman–Crippen LogP) is 1.53. The highest BCUT2D eigenvalue weighted by molar-refractivity contribution is 6.40. The Morgan fingerprint density at radius 1 is 1.08 bits per heavy atom. The van der Waals surface area contributed by atoms with E-state index < -0.39 is 11.8 Å². The molecule has 0 spiro atoms. The Bertz CT molecular complexity index is 821. The standard InChI is InChI=1S/C19H18N2O4/c22-18(19(23)21-10-9-13-5-1-2-6-15(13)21)20-11-14-12-24-16-7-3-4-8-17(16)25-14/h1-8,14H,9-12H2,(H,20,22). The zero-order valence-corrected chi connectivity index (χ0v) is 13.6. The smallest absolute Gasteiger partial charge is 0.316 e. The van der Waals surface area contributed by atoms with Gasteiger partial charge in [0.25, 0.3) is 0 Å². The molecule has 1 N–H and O–H groups in total. The molecule has 0 fully saturated rings. The number of rotatable bonds is 2. The molecule has 128 valence electrons.